The SMILES string of the molecule is CN(C)C1CCN(C[SH](C)C)C1. The summed E-state index contributed by atoms with van der Waals surface area (Å²) in [5, 5.41) is 0. The first kappa shape index (κ1) is 10.4. The second kappa shape index (κ2) is 4.49. The molecule has 0 aliphatic carbocycles. The van der Waals surface area contributed by atoms with Gasteiger partial charge >= 0.3 is 0 Å². The summed E-state index contributed by atoms with van der Waals surface area (Å²) >= 11 is 0. The molecule has 1 aliphatic rings. The van der Waals surface area contributed by atoms with E-state index in [9.17, 15) is 0 Å². The molecule has 1 saturated heterocycles. The van der Waals surface area contributed by atoms with Crippen molar-refractivity contribution in [1.29, 1.82) is 0 Å². The first-order valence-electron chi connectivity index (χ1n) is 4.63. The zero-order chi connectivity index (χ0) is 9.14. The molecule has 0 amide bonds. The Balaban J connectivity index is 2.26. The number of nitrogens with zero attached hydrogens (tertiary/aromatic N) is 2. The minimum absolute atomic E-state index is 0.258. The molecule has 0 radical (unpaired) electrons. The van der Waals surface area contributed by atoms with Crippen molar-refractivity contribution in [3.63, 3.8) is 0 Å². The van der Waals surface area contributed by atoms with E-state index in [1.807, 2.05) is 0 Å². The van der Waals surface area contributed by atoms with Crippen LogP contribution in [-0.4, -0.2) is 61.4 Å². The summed E-state index contributed by atoms with van der Waals surface area (Å²) in [4.78, 5) is 4.96. The van der Waals surface area contributed by atoms with Gasteiger partial charge in [-0.2, -0.15) is 0 Å². The second-order valence-corrected chi connectivity index (χ2v) is 6.65. The van der Waals surface area contributed by atoms with Gasteiger partial charge in [0.25, 0.3) is 0 Å². The molecule has 1 atom stereocenters. The van der Waals surface area contributed by atoms with Gasteiger partial charge in [0, 0.05) is 25.0 Å². The summed E-state index contributed by atoms with van der Waals surface area (Å²) in [6.07, 6.45) is 6.08. The van der Waals surface area contributed by atoms with Gasteiger partial charge < -0.3 is 4.90 Å². The van der Waals surface area contributed by atoms with Crippen molar-refractivity contribution >= 4 is 10.9 Å². The molecule has 0 spiro atoms. The quantitative estimate of drug-likeness (QED) is 0.659. The normalized spacial score (nSPS) is 26.8. The van der Waals surface area contributed by atoms with E-state index in [1.165, 1.54) is 25.4 Å². The van der Waals surface area contributed by atoms with E-state index < -0.39 is 0 Å². The highest BCUT2D eigenvalue weighted by atomic mass is 32.2. The van der Waals surface area contributed by atoms with Crippen molar-refractivity contribution in [3.8, 4) is 0 Å². The lowest BCUT2D eigenvalue weighted by Gasteiger charge is -2.22. The maximum absolute atomic E-state index is 2.61. The van der Waals surface area contributed by atoms with Crippen LogP contribution in [0, 0.1) is 0 Å². The van der Waals surface area contributed by atoms with Gasteiger partial charge in [0.2, 0.25) is 0 Å². The van der Waals surface area contributed by atoms with Crippen LogP contribution in [0.5, 0.6) is 0 Å². The van der Waals surface area contributed by atoms with Gasteiger partial charge in [-0.25, -0.2) is 10.9 Å². The third-order valence-electron chi connectivity index (χ3n) is 2.46. The predicted molar refractivity (Wildman–Crippen MR) is 59.4 cm³/mol. The maximum Gasteiger partial charge on any atom is 0.0262 e. The maximum atomic E-state index is 2.61. The van der Waals surface area contributed by atoms with Gasteiger partial charge in [0.1, 0.15) is 0 Å². The van der Waals surface area contributed by atoms with E-state index in [2.05, 4.69) is 36.4 Å². The van der Waals surface area contributed by atoms with Crippen LogP contribution < -0.4 is 0 Å². The number of thiol groups is 1. The molecular formula is C9H22N2S. The summed E-state index contributed by atoms with van der Waals surface area (Å²) in [6.45, 7) is 2.59. The lowest BCUT2D eigenvalue weighted by molar-refractivity contribution is 0.285. The van der Waals surface area contributed by atoms with Crippen LogP contribution >= 0.6 is 10.9 Å². The summed E-state index contributed by atoms with van der Waals surface area (Å²) in [5.74, 6) is 1.33. The molecule has 12 heavy (non-hydrogen) atoms. The van der Waals surface area contributed by atoms with Crippen molar-refractivity contribution in [1.82, 2.24) is 9.80 Å². The molecular weight excluding hydrogens is 168 g/mol. The number of likely N-dealkylation sites (tertiary alicyclic amines) is 1. The van der Waals surface area contributed by atoms with Crippen molar-refractivity contribution in [2.45, 2.75) is 12.5 Å². The Morgan fingerprint density at radius 1 is 1.42 bits per heavy atom. The highest BCUT2D eigenvalue weighted by Gasteiger charge is 2.23. The Bertz CT molecular complexity index is 136. The van der Waals surface area contributed by atoms with Crippen LogP contribution in [0.15, 0.2) is 0 Å². The first-order valence-corrected chi connectivity index (χ1v) is 7.05. The van der Waals surface area contributed by atoms with Crippen LogP contribution in [-0.2, 0) is 0 Å². The second-order valence-electron chi connectivity index (χ2n) is 4.20. The fourth-order valence-corrected chi connectivity index (χ4v) is 2.82. The highest BCUT2D eigenvalue weighted by molar-refractivity contribution is 8.15. The number of likely N-dealkylation sites (N-methyl/N-ethyl adjacent to an activating group) is 1. The van der Waals surface area contributed by atoms with Crippen LogP contribution in [0.2, 0.25) is 0 Å². The molecule has 0 N–H and O–H groups in total. The first-order chi connectivity index (χ1) is 5.59. The largest absolute Gasteiger partial charge is 0.305 e. The minimum atomic E-state index is 0.258. The fourth-order valence-electron chi connectivity index (χ4n) is 1.76. The Morgan fingerprint density at radius 2 is 2.08 bits per heavy atom. The molecule has 1 aliphatic heterocycles. The molecule has 1 heterocycles. The van der Waals surface area contributed by atoms with Crippen LogP contribution in [0.3, 0.4) is 0 Å². The topological polar surface area (TPSA) is 6.48 Å². The Morgan fingerprint density at radius 3 is 2.50 bits per heavy atom. The lowest BCUT2D eigenvalue weighted by Crippen LogP contribution is -2.31. The summed E-state index contributed by atoms with van der Waals surface area (Å²) in [7, 11) is 4.64. The Kier molecular flexibility index (Phi) is 3.87. The number of hydrogen-bond acceptors (Lipinski definition) is 2. The van der Waals surface area contributed by atoms with Gasteiger partial charge in [0.15, 0.2) is 0 Å². The Labute approximate surface area is 79.3 Å². The van der Waals surface area contributed by atoms with E-state index >= 15 is 0 Å². The molecule has 1 unspecified atom stereocenters. The van der Waals surface area contributed by atoms with E-state index in [1.54, 1.807) is 0 Å². The molecule has 3 heteroatoms. The fraction of sp³-hybridized carbons (Fsp3) is 1.00. The molecule has 2 nitrogen and oxygen atoms in total. The third kappa shape index (κ3) is 2.96. The highest BCUT2D eigenvalue weighted by Crippen LogP contribution is 2.20. The molecule has 0 aromatic carbocycles. The van der Waals surface area contributed by atoms with Crippen molar-refractivity contribution < 1.29 is 0 Å². The molecule has 1 rings (SSSR count). The zero-order valence-electron chi connectivity index (χ0n) is 8.75. The predicted octanol–water partition coefficient (Wildman–Crippen LogP) is 0.841. The average Bonchev–Trinajstić information content (AvgIpc) is 2.34. The van der Waals surface area contributed by atoms with Crippen LogP contribution in [0.1, 0.15) is 6.42 Å². The van der Waals surface area contributed by atoms with Gasteiger partial charge in [0.05, 0.1) is 0 Å². The van der Waals surface area contributed by atoms with Crippen LogP contribution in [0.25, 0.3) is 0 Å². The zero-order valence-corrected chi connectivity index (χ0v) is 9.64. The van der Waals surface area contributed by atoms with Gasteiger partial charge in [-0.1, -0.05) is 0 Å². The smallest absolute Gasteiger partial charge is 0.0262 e. The van der Waals surface area contributed by atoms with Gasteiger partial charge in [-0.3, -0.25) is 4.90 Å². The number of hydrogen-bond donors (Lipinski definition) is 1. The van der Waals surface area contributed by atoms with E-state index in [-0.39, 0.29) is 10.9 Å². The summed E-state index contributed by atoms with van der Waals surface area (Å²) < 4.78 is 0. The van der Waals surface area contributed by atoms with E-state index in [0.29, 0.717) is 0 Å². The average molecular weight is 190 g/mol. The van der Waals surface area contributed by atoms with Gasteiger partial charge in [-0.15, -0.1) is 0 Å². The minimum Gasteiger partial charge on any atom is -0.305 e. The molecule has 0 bridgehead atoms. The molecule has 0 saturated carbocycles. The Hall–Kier alpha value is 0.270. The molecule has 74 valence electrons. The van der Waals surface area contributed by atoms with E-state index in [4.69, 9.17) is 0 Å². The van der Waals surface area contributed by atoms with Crippen molar-refractivity contribution in [2.24, 2.45) is 0 Å². The van der Waals surface area contributed by atoms with E-state index in [0.717, 1.165) is 6.04 Å². The molecule has 0 aromatic rings. The third-order valence-corrected chi connectivity index (χ3v) is 3.43. The van der Waals surface area contributed by atoms with Crippen LogP contribution in [0.4, 0.5) is 0 Å². The number of rotatable bonds is 3. The summed E-state index contributed by atoms with van der Waals surface area (Å²) in [6, 6.07) is 0.806. The lowest BCUT2D eigenvalue weighted by atomic mass is 10.2. The monoisotopic (exact) mass is 190 g/mol. The van der Waals surface area contributed by atoms with Gasteiger partial charge in [-0.05, 0) is 33.0 Å². The summed E-state index contributed by atoms with van der Waals surface area (Å²) in [5.41, 5.74) is 0. The molecule has 1 fully saturated rings. The molecule has 0 aromatic heterocycles. The van der Waals surface area contributed by atoms with Crippen molar-refractivity contribution in [3.05, 3.63) is 0 Å². The van der Waals surface area contributed by atoms with Crippen molar-refractivity contribution in [2.75, 3.05) is 45.6 Å². The standard InChI is InChI=1S/C9H22N2S/c1-10(2)9-5-6-11(7-9)8-12(3)4/h9,12H,5-8H2,1-4H3.